The first-order valence-electron chi connectivity index (χ1n) is 7.88. The molecule has 5 nitrogen and oxygen atoms in total. The minimum atomic E-state index is -0.311. The number of amides is 1. The minimum Gasteiger partial charge on any atom is -0.378 e. The van der Waals surface area contributed by atoms with Crippen molar-refractivity contribution in [3.63, 3.8) is 0 Å². The number of benzene rings is 2. The van der Waals surface area contributed by atoms with Crippen LogP contribution < -0.4 is 10.2 Å². The van der Waals surface area contributed by atoms with E-state index in [-0.39, 0.29) is 11.7 Å². The van der Waals surface area contributed by atoms with Gasteiger partial charge in [-0.1, -0.05) is 12.1 Å². The van der Waals surface area contributed by atoms with E-state index >= 15 is 0 Å². The molecule has 0 saturated heterocycles. The van der Waals surface area contributed by atoms with Crippen molar-refractivity contribution in [3.05, 3.63) is 77.9 Å². The van der Waals surface area contributed by atoms with E-state index in [4.69, 9.17) is 0 Å². The first-order valence-corrected chi connectivity index (χ1v) is 7.88. The molecule has 128 valence electrons. The van der Waals surface area contributed by atoms with Crippen molar-refractivity contribution in [2.75, 3.05) is 19.0 Å². The highest BCUT2D eigenvalue weighted by atomic mass is 19.1. The summed E-state index contributed by atoms with van der Waals surface area (Å²) >= 11 is 0. The van der Waals surface area contributed by atoms with E-state index in [0.29, 0.717) is 17.8 Å². The molecule has 0 aliphatic rings. The highest BCUT2D eigenvalue weighted by Crippen LogP contribution is 2.13. The molecule has 25 heavy (non-hydrogen) atoms. The Bertz CT molecular complexity index is 854. The number of aromatic nitrogens is 2. The molecule has 2 aromatic carbocycles. The highest BCUT2D eigenvalue weighted by molar-refractivity contribution is 5.93. The number of nitrogens with one attached hydrogen (secondary N) is 1. The van der Waals surface area contributed by atoms with Crippen LogP contribution in [0, 0.1) is 5.82 Å². The van der Waals surface area contributed by atoms with Gasteiger partial charge in [-0.2, -0.15) is 5.10 Å². The number of halogens is 1. The van der Waals surface area contributed by atoms with Crippen molar-refractivity contribution in [2.24, 2.45) is 0 Å². The lowest BCUT2D eigenvalue weighted by molar-refractivity contribution is 0.0951. The molecule has 0 unspecified atom stereocenters. The molecule has 6 heteroatoms. The van der Waals surface area contributed by atoms with Gasteiger partial charge in [0.25, 0.3) is 5.91 Å². The molecule has 1 N–H and O–H groups in total. The van der Waals surface area contributed by atoms with Gasteiger partial charge in [0.05, 0.1) is 17.4 Å². The van der Waals surface area contributed by atoms with E-state index in [1.165, 1.54) is 18.3 Å². The Labute approximate surface area is 145 Å². The maximum atomic E-state index is 13.0. The zero-order valence-electron chi connectivity index (χ0n) is 14.1. The SMILES string of the molecule is CN(C)c1ccc(CNC(=O)c2cnn(-c3ccc(F)cc3)c2)cc1. The fraction of sp³-hybridized carbons (Fsp3) is 0.158. The molecular formula is C19H19FN4O. The Balaban J connectivity index is 1.63. The Morgan fingerprint density at radius 2 is 1.80 bits per heavy atom. The van der Waals surface area contributed by atoms with E-state index in [9.17, 15) is 9.18 Å². The summed E-state index contributed by atoms with van der Waals surface area (Å²) in [5.74, 6) is -0.515. The second-order valence-electron chi connectivity index (χ2n) is 5.89. The molecule has 0 aliphatic carbocycles. The van der Waals surface area contributed by atoms with Crippen LogP contribution in [0.3, 0.4) is 0 Å². The second-order valence-corrected chi connectivity index (χ2v) is 5.89. The van der Waals surface area contributed by atoms with Crippen LogP contribution in [-0.4, -0.2) is 29.8 Å². The molecule has 0 atom stereocenters. The molecular weight excluding hydrogens is 319 g/mol. The predicted octanol–water partition coefficient (Wildman–Crippen LogP) is 3.01. The van der Waals surface area contributed by atoms with Crippen LogP contribution in [0.25, 0.3) is 5.69 Å². The lowest BCUT2D eigenvalue weighted by Gasteiger charge is -2.12. The van der Waals surface area contributed by atoms with Crippen molar-refractivity contribution >= 4 is 11.6 Å². The number of nitrogens with zero attached hydrogens (tertiary/aromatic N) is 3. The van der Waals surface area contributed by atoms with Gasteiger partial charge >= 0.3 is 0 Å². The van der Waals surface area contributed by atoms with Crippen molar-refractivity contribution in [1.82, 2.24) is 15.1 Å². The molecule has 0 fully saturated rings. The summed E-state index contributed by atoms with van der Waals surface area (Å²) in [5, 5.41) is 7.02. The van der Waals surface area contributed by atoms with Gasteiger partial charge in [0, 0.05) is 32.5 Å². The van der Waals surface area contributed by atoms with Gasteiger partial charge in [-0.05, 0) is 42.0 Å². The van der Waals surface area contributed by atoms with Crippen LogP contribution in [0.2, 0.25) is 0 Å². The lowest BCUT2D eigenvalue weighted by Crippen LogP contribution is -2.22. The van der Waals surface area contributed by atoms with Gasteiger partial charge in [-0.25, -0.2) is 9.07 Å². The van der Waals surface area contributed by atoms with E-state index in [1.807, 2.05) is 43.3 Å². The monoisotopic (exact) mass is 338 g/mol. The molecule has 3 rings (SSSR count). The predicted molar refractivity (Wildman–Crippen MR) is 95.5 cm³/mol. The zero-order valence-corrected chi connectivity index (χ0v) is 14.1. The third kappa shape index (κ3) is 4.03. The first kappa shape index (κ1) is 16.7. The number of carbonyl (C=O) groups excluding carboxylic acids is 1. The van der Waals surface area contributed by atoms with Crippen LogP contribution >= 0.6 is 0 Å². The molecule has 0 radical (unpaired) electrons. The Morgan fingerprint density at radius 3 is 2.44 bits per heavy atom. The molecule has 0 aliphatic heterocycles. The van der Waals surface area contributed by atoms with Gasteiger partial charge < -0.3 is 10.2 Å². The Kier molecular flexibility index (Phi) is 4.79. The Hall–Kier alpha value is -3.15. The summed E-state index contributed by atoms with van der Waals surface area (Å²) in [6.45, 7) is 0.439. The highest BCUT2D eigenvalue weighted by Gasteiger charge is 2.09. The average molecular weight is 338 g/mol. The van der Waals surface area contributed by atoms with Gasteiger partial charge in [-0.15, -0.1) is 0 Å². The molecule has 3 aromatic rings. The van der Waals surface area contributed by atoms with Crippen LogP contribution in [0.15, 0.2) is 60.9 Å². The van der Waals surface area contributed by atoms with Gasteiger partial charge in [0.15, 0.2) is 0 Å². The van der Waals surface area contributed by atoms with E-state index in [2.05, 4.69) is 10.4 Å². The van der Waals surface area contributed by atoms with Crippen LogP contribution in [-0.2, 0) is 6.54 Å². The summed E-state index contributed by atoms with van der Waals surface area (Å²) in [7, 11) is 3.96. The molecule has 1 aromatic heterocycles. The second kappa shape index (κ2) is 7.17. The standard InChI is InChI=1S/C19H19FN4O/c1-23(2)17-7-3-14(4-8-17)11-21-19(25)15-12-22-24(13-15)18-9-5-16(20)6-10-18/h3-10,12-13H,11H2,1-2H3,(H,21,25). The summed E-state index contributed by atoms with van der Waals surface area (Å²) in [6.07, 6.45) is 3.12. The largest absolute Gasteiger partial charge is 0.378 e. The Morgan fingerprint density at radius 1 is 1.12 bits per heavy atom. The van der Waals surface area contributed by atoms with Crippen LogP contribution in [0.5, 0.6) is 0 Å². The zero-order chi connectivity index (χ0) is 17.8. The fourth-order valence-electron chi connectivity index (χ4n) is 2.37. The van der Waals surface area contributed by atoms with Crippen LogP contribution in [0.4, 0.5) is 10.1 Å². The topological polar surface area (TPSA) is 50.2 Å². The molecule has 1 heterocycles. The summed E-state index contributed by atoms with van der Waals surface area (Å²) in [4.78, 5) is 14.3. The van der Waals surface area contributed by atoms with Gasteiger partial charge in [0.1, 0.15) is 5.82 Å². The maximum absolute atomic E-state index is 13.0. The average Bonchev–Trinajstić information content (AvgIpc) is 3.11. The third-order valence-electron chi connectivity index (χ3n) is 3.84. The normalized spacial score (nSPS) is 10.5. The first-order chi connectivity index (χ1) is 12.0. The number of rotatable bonds is 5. The summed E-state index contributed by atoms with van der Waals surface area (Å²) in [5.41, 5.74) is 3.27. The minimum absolute atomic E-state index is 0.204. The smallest absolute Gasteiger partial charge is 0.254 e. The van der Waals surface area contributed by atoms with E-state index in [1.54, 1.807) is 23.0 Å². The maximum Gasteiger partial charge on any atom is 0.254 e. The number of hydrogen-bond acceptors (Lipinski definition) is 3. The third-order valence-corrected chi connectivity index (χ3v) is 3.84. The number of hydrogen-bond donors (Lipinski definition) is 1. The van der Waals surface area contributed by atoms with Crippen molar-refractivity contribution in [2.45, 2.75) is 6.54 Å². The van der Waals surface area contributed by atoms with Crippen molar-refractivity contribution < 1.29 is 9.18 Å². The summed E-state index contributed by atoms with van der Waals surface area (Å²) < 4.78 is 14.5. The van der Waals surface area contributed by atoms with Gasteiger partial charge in [0.2, 0.25) is 0 Å². The van der Waals surface area contributed by atoms with Crippen molar-refractivity contribution in [1.29, 1.82) is 0 Å². The van der Waals surface area contributed by atoms with Crippen LogP contribution in [0.1, 0.15) is 15.9 Å². The van der Waals surface area contributed by atoms with Crippen molar-refractivity contribution in [3.8, 4) is 5.69 Å². The quantitative estimate of drug-likeness (QED) is 0.778. The number of anilines is 1. The van der Waals surface area contributed by atoms with Gasteiger partial charge in [-0.3, -0.25) is 4.79 Å². The fourth-order valence-corrected chi connectivity index (χ4v) is 2.37. The molecule has 0 spiro atoms. The molecule has 0 bridgehead atoms. The number of carbonyl (C=O) groups is 1. The van der Waals surface area contributed by atoms with E-state index in [0.717, 1.165) is 11.3 Å². The molecule has 0 saturated carbocycles. The molecule has 1 amide bonds. The lowest BCUT2D eigenvalue weighted by atomic mass is 10.2. The van der Waals surface area contributed by atoms with E-state index < -0.39 is 0 Å². The summed E-state index contributed by atoms with van der Waals surface area (Å²) in [6, 6.07) is 13.9.